The maximum atomic E-state index is 12.2. The lowest BCUT2D eigenvalue weighted by Gasteiger charge is -2.22. The Balaban J connectivity index is 3.01. The van der Waals surface area contributed by atoms with E-state index in [0.29, 0.717) is 12.2 Å². The first-order valence-corrected chi connectivity index (χ1v) is 8.41. The molecule has 0 fully saturated rings. The van der Waals surface area contributed by atoms with Gasteiger partial charge >= 0.3 is 0 Å². The minimum Gasteiger partial charge on any atom is -0.495 e. The molecule has 0 atom stereocenters. The zero-order valence-electron chi connectivity index (χ0n) is 11.6. The number of methoxy groups -OCH3 is 1. The summed E-state index contributed by atoms with van der Waals surface area (Å²) in [6.45, 7) is 4.28. The number of hydrogen-bond donors (Lipinski definition) is 2. The van der Waals surface area contributed by atoms with E-state index in [-0.39, 0.29) is 15.4 Å². The van der Waals surface area contributed by atoms with Gasteiger partial charge in [-0.2, -0.15) is 11.8 Å². The van der Waals surface area contributed by atoms with Crippen molar-refractivity contribution in [3.63, 3.8) is 0 Å². The van der Waals surface area contributed by atoms with Gasteiger partial charge in [0.25, 0.3) is 0 Å². The normalized spacial score (nSPS) is 12.4. The number of hydrogen-bond acceptors (Lipinski definition) is 5. The third-order valence-corrected chi connectivity index (χ3v) is 5.41. The van der Waals surface area contributed by atoms with Crippen LogP contribution in [0.3, 0.4) is 0 Å². The highest BCUT2D eigenvalue weighted by Gasteiger charge is 2.23. The summed E-state index contributed by atoms with van der Waals surface area (Å²) < 4.78 is 32.0. The minimum atomic E-state index is -3.61. The van der Waals surface area contributed by atoms with Crippen LogP contribution in [0.4, 0.5) is 5.69 Å². The molecule has 0 unspecified atom stereocenters. The van der Waals surface area contributed by atoms with E-state index in [2.05, 4.69) is 4.72 Å². The van der Waals surface area contributed by atoms with Gasteiger partial charge in [-0.3, -0.25) is 0 Å². The summed E-state index contributed by atoms with van der Waals surface area (Å²) in [6, 6.07) is 4.48. The van der Waals surface area contributed by atoms with Crippen molar-refractivity contribution in [2.45, 2.75) is 23.5 Å². The van der Waals surface area contributed by atoms with Crippen LogP contribution in [0, 0.1) is 0 Å². The molecule has 19 heavy (non-hydrogen) atoms. The molecule has 0 aliphatic heterocycles. The van der Waals surface area contributed by atoms with Crippen molar-refractivity contribution in [2.75, 3.05) is 25.6 Å². The van der Waals surface area contributed by atoms with Gasteiger partial charge in [-0.15, -0.1) is 0 Å². The van der Waals surface area contributed by atoms with Gasteiger partial charge in [0.1, 0.15) is 10.6 Å². The standard InChI is InChI=1S/C12H20N2O3S2/c1-12(2,18-4)8-14-19(15,16)11-6-5-9(13)7-10(11)17-3/h5-7,14H,8,13H2,1-4H3. The molecule has 0 saturated carbocycles. The molecular weight excluding hydrogens is 284 g/mol. The van der Waals surface area contributed by atoms with E-state index in [1.54, 1.807) is 11.8 Å². The first-order chi connectivity index (χ1) is 8.72. The first kappa shape index (κ1) is 16.1. The van der Waals surface area contributed by atoms with E-state index in [0.717, 1.165) is 0 Å². The van der Waals surface area contributed by atoms with Crippen LogP contribution in [0.25, 0.3) is 0 Å². The molecule has 0 radical (unpaired) electrons. The van der Waals surface area contributed by atoms with Crippen molar-refractivity contribution in [1.29, 1.82) is 0 Å². The van der Waals surface area contributed by atoms with E-state index in [4.69, 9.17) is 10.5 Å². The van der Waals surface area contributed by atoms with Gasteiger partial charge in [-0.05, 0) is 32.2 Å². The molecule has 0 saturated heterocycles. The summed E-state index contributed by atoms with van der Waals surface area (Å²) >= 11 is 1.60. The van der Waals surface area contributed by atoms with Crippen molar-refractivity contribution in [3.8, 4) is 5.75 Å². The maximum absolute atomic E-state index is 12.2. The molecule has 0 heterocycles. The van der Waals surface area contributed by atoms with E-state index >= 15 is 0 Å². The fourth-order valence-corrected chi connectivity index (χ4v) is 2.99. The van der Waals surface area contributed by atoms with E-state index in [1.165, 1.54) is 25.3 Å². The van der Waals surface area contributed by atoms with Gasteiger partial charge in [-0.25, -0.2) is 13.1 Å². The Hall–Kier alpha value is -0.920. The summed E-state index contributed by atoms with van der Waals surface area (Å²) in [4.78, 5) is 0.0982. The molecule has 1 aromatic carbocycles. The van der Waals surface area contributed by atoms with Crippen LogP contribution in [-0.2, 0) is 10.0 Å². The monoisotopic (exact) mass is 304 g/mol. The van der Waals surface area contributed by atoms with Gasteiger partial charge < -0.3 is 10.5 Å². The zero-order valence-corrected chi connectivity index (χ0v) is 13.2. The SMILES string of the molecule is COc1cc(N)ccc1S(=O)(=O)NCC(C)(C)SC. The van der Waals surface area contributed by atoms with E-state index in [9.17, 15) is 8.42 Å². The second kappa shape index (κ2) is 6.02. The number of rotatable bonds is 6. The van der Waals surface area contributed by atoms with E-state index < -0.39 is 10.0 Å². The van der Waals surface area contributed by atoms with Crippen LogP contribution < -0.4 is 15.2 Å². The predicted octanol–water partition coefficient (Wildman–Crippen LogP) is 1.70. The molecule has 7 heteroatoms. The molecule has 1 aromatic rings. The number of nitrogens with two attached hydrogens (primary N) is 1. The Morgan fingerprint density at radius 2 is 2.05 bits per heavy atom. The van der Waals surface area contributed by atoms with Gasteiger partial charge in [0.05, 0.1) is 7.11 Å². The van der Waals surface area contributed by atoms with Crippen LogP contribution >= 0.6 is 11.8 Å². The van der Waals surface area contributed by atoms with Crippen LogP contribution in [0.1, 0.15) is 13.8 Å². The number of benzene rings is 1. The number of sulfonamides is 1. The number of nitrogens with one attached hydrogen (secondary N) is 1. The highest BCUT2D eigenvalue weighted by molar-refractivity contribution is 8.00. The molecule has 0 aromatic heterocycles. The lowest BCUT2D eigenvalue weighted by atomic mass is 10.2. The summed E-state index contributed by atoms with van der Waals surface area (Å²) in [5.74, 6) is 0.245. The number of anilines is 1. The molecule has 0 amide bonds. The summed E-state index contributed by atoms with van der Waals surface area (Å²) in [6.07, 6.45) is 1.94. The van der Waals surface area contributed by atoms with Crippen molar-refractivity contribution in [1.82, 2.24) is 4.72 Å². The number of thioether (sulfide) groups is 1. The molecule has 0 spiro atoms. The van der Waals surface area contributed by atoms with Gasteiger partial charge in [0.2, 0.25) is 10.0 Å². The average molecular weight is 304 g/mol. The van der Waals surface area contributed by atoms with Crippen LogP contribution in [0.15, 0.2) is 23.1 Å². The molecule has 0 bridgehead atoms. The maximum Gasteiger partial charge on any atom is 0.244 e. The van der Waals surface area contributed by atoms with Crippen LogP contribution in [0.5, 0.6) is 5.75 Å². The molecule has 108 valence electrons. The second-order valence-electron chi connectivity index (χ2n) is 4.70. The molecular formula is C12H20N2O3S2. The zero-order chi connectivity index (χ0) is 14.7. The summed E-state index contributed by atoms with van der Waals surface area (Å²) in [5.41, 5.74) is 6.07. The Morgan fingerprint density at radius 1 is 1.42 bits per heavy atom. The third kappa shape index (κ3) is 4.29. The topological polar surface area (TPSA) is 81.4 Å². The average Bonchev–Trinajstić information content (AvgIpc) is 2.36. The quantitative estimate of drug-likeness (QED) is 0.782. The summed E-state index contributed by atoms with van der Waals surface area (Å²) in [7, 11) is -2.19. The lowest BCUT2D eigenvalue weighted by Crippen LogP contribution is -2.36. The highest BCUT2D eigenvalue weighted by atomic mass is 32.2. The second-order valence-corrected chi connectivity index (χ2v) is 7.95. The van der Waals surface area contributed by atoms with Crippen LogP contribution in [0.2, 0.25) is 0 Å². The van der Waals surface area contributed by atoms with Gasteiger partial charge in [0, 0.05) is 23.0 Å². The van der Waals surface area contributed by atoms with Crippen LogP contribution in [-0.4, -0.2) is 33.1 Å². The Bertz CT molecular complexity index is 542. The highest BCUT2D eigenvalue weighted by Crippen LogP contribution is 2.27. The summed E-state index contributed by atoms with van der Waals surface area (Å²) in [5, 5.41) is 0. The largest absolute Gasteiger partial charge is 0.495 e. The Kier molecular flexibility index (Phi) is 5.11. The molecule has 1 rings (SSSR count). The predicted molar refractivity (Wildman–Crippen MR) is 80.2 cm³/mol. The van der Waals surface area contributed by atoms with Crippen molar-refractivity contribution < 1.29 is 13.2 Å². The number of ether oxygens (including phenoxy) is 1. The van der Waals surface area contributed by atoms with E-state index in [1.807, 2.05) is 20.1 Å². The fourth-order valence-electron chi connectivity index (χ4n) is 1.32. The minimum absolute atomic E-state index is 0.0982. The first-order valence-electron chi connectivity index (χ1n) is 5.70. The smallest absolute Gasteiger partial charge is 0.244 e. The van der Waals surface area contributed by atoms with Crippen molar-refractivity contribution in [2.24, 2.45) is 0 Å². The lowest BCUT2D eigenvalue weighted by molar-refractivity contribution is 0.402. The van der Waals surface area contributed by atoms with Crippen molar-refractivity contribution >= 4 is 27.5 Å². The number of nitrogen functional groups attached to an aromatic ring is 1. The molecule has 0 aliphatic carbocycles. The molecule has 3 N–H and O–H groups in total. The third-order valence-electron chi connectivity index (χ3n) is 2.72. The van der Waals surface area contributed by atoms with Crippen molar-refractivity contribution in [3.05, 3.63) is 18.2 Å². The molecule has 5 nitrogen and oxygen atoms in total. The molecule has 0 aliphatic rings. The van der Waals surface area contributed by atoms with Gasteiger partial charge in [-0.1, -0.05) is 0 Å². The van der Waals surface area contributed by atoms with Gasteiger partial charge in [0.15, 0.2) is 0 Å². The fraction of sp³-hybridized carbons (Fsp3) is 0.500. The Morgan fingerprint density at radius 3 is 2.58 bits per heavy atom. The Labute approximate surface area is 119 Å².